The van der Waals surface area contributed by atoms with Crippen LogP contribution >= 0.6 is 11.6 Å². The minimum atomic E-state index is -0.972. The van der Waals surface area contributed by atoms with Crippen LogP contribution < -0.4 is 4.74 Å². The summed E-state index contributed by atoms with van der Waals surface area (Å²) in [4.78, 5) is 8.32. The Kier molecular flexibility index (Phi) is 3.06. The third kappa shape index (κ3) is 2.81. The molecule has 3 rings (SSSR count). The molecule has 1 aliphatic rings. The maximum atomic E-state index is 13.1. The van der Waals surface area contributed by atoms with E-state index in [1.54, 1.807) is 0 Å². The van der Waals surface area contributed by atoms with Gasteiger partial charge < -0.3 is 4.74 Å². The Morgan fingerprint density at radius 1 is 1.11 bits per heavy atom. The van der Waals surface area contributed by atoms with Crippen LogP contribution in [-0.2, 0) is 0 Å². The molecular weight excluding hydrogens is 274 g/mol. The molecule has 1 saturated carbocycles. The van der Waals surface area contributed by atoms with Crippen molar-refractivity contribution < 1.29 is 13.5 Å². The minimum absolute atomic E-state index is 0.162. The third-order valence-corrected chi connectivity index (χ3v) is 2.94. The first kappa shape index (κ1) is 12.3. The molecule has 98 valence electrons. The number of rotatable bonds is 3. The normalized spacial score (nSPS) is 14.5. The summed E-state index contributed by atoms with van der Waals surface area (Å²) in [6.07, 6.45) is 2.07. The smallest absolute Gasteiger partial charge is 0.224 e. The van der Waals surface area contributed by atoms with Gasteiger partial charge in [-0.3, -0.25) is 0 Å². The van der Waals surface area contributed by atoms with Crippen molar-refractivity contribution in [3.63, 3.8) is 0 Å². The summed E-state index contributed by atoms with van der Waals surface area (Å²) in [5.74, 6) is -0.550. The summed E-state index contributed by atoms with van der Waals surface area (Å²) < 4.78 is 31.2. The van der Waals surface area contributed by atoms with E-state index >= 15 is 0 Å². The zero-order chi connectivity index (χ0) is 13.4. The molecular formula is C13H9ClF2N2O. The Bertz CT molecular complexity index is 632. The van der Waals surface area contributed by atoms with Gasteiger partial charge in [0.05, 0.1) is 0 Å². The van der Waals surface area contributed by atoms with E-state index in [1.165, 1.54) is 12.1 Å². The first-order valence-corrected chi connectivity index (χ1v) is 6.17. The van der Waals surface area contributed by atoms with Gasteiger partial charge in [0, 0.05) is 18.1 Å². The molecule has 19 heavy (non-hydrogen) atoms. The Balaban J connectivity index is 1.87. The molecule has 1 aromatic carbocycles. The van der Waals surface area contributed by atoms with Crippen molar-refractivity contribution in [1.82, 2.24) is 9.97 Å². The van der Waals surface area contributed by atoms with Gasteiger partial charge in [-0.25, -0.2) is 13.8 Å². The average Bonchev–Trinajstić information content (AvgIpc) is 3.17. The van der Waals surface area contributed by atoms with Gasteiger partial charge in [0.15, 0.2) is 11.6 Å². The second-order valence-electron chi connectivity index (χ2n) is 4.34. The summed E-state index contributed by atoms with van der Waals surface area (Å²) in [7, 11) is 0. The van der Waals surface area contributed by atoms with Gasteiger partial charge in [-0.05, 0) is 25.0 Å². The lowest BCUT2D eigenvalue weighted by Gasteiger charge is -2.07. The van der Waals surface area contributed by atoms with Gasteiger partial charge in [0.1, 0.15) is 16.7 Å². The molecule has 0 spiro atoms. The summed E-state index contributed by atoms with van der Waals surface area (Å²) in [5, 5.41) is 0.273. The molecule has 3 nitrogen and oxygen atoms in total. The van der Waals surface area contributed by atoms with Gasteiger partial charge in [-0.2, -0.15) is 4.98 Å². The molecule has 0 atom stereocenters. The number of hydrogen-bond acceptors (Lipinski definition) is 3. The highest BCUT2D eigenvalue weighted by molar-refractivity contribution is 6.29. The van der Waals surface area contributed by atoms with E-state index in [4.69, 9.17) is 16.3 Å². The standard InChI is InChI=1S/C13H9ClF2N2O/c14-11-6-12(18-13(17-11)7-1-2-7)19-8-3-4-9(15)10(16)5-8/h3-7H,1-2H2. The maximum absolute atomic E-state index is 13.1. The van der Waals surface area contributed by atoms with Gasteiger partial charge >= 0.3 is 0 Å². The number of ether oxygens (including phenoxy) is 1. The summed E-state index contributed by atoms with van der Waals surface area (Å²) in [5.41, 5.74) is 0. The van der Waals surface area contributed by atoms with Crippen molar-refractivity contribution in [2.24, 2.45) is 0 Å². The summed E-state index contributed by atoms with van der Waals surface area (Å²) >= 11 is 5.88. The maximum Gasteiger partial charge on any atom is 0.224 e. The fourth-order valence-corrected chi connectivity index (χ4v) is 1.83. The molecule has 0 bridgehead atoms. The van der Waals surface area contributed by atoms with Crippen LogP contribution in [0, 0.1) is 11.6 Å². The fraction of sp³-hybridized carbons (Fsp3) is 0.231. The number of aromatic nitrogens is 2. The van der Waals surface area contributed by atoms with Crippen LogP contribution in [0.5, 0.6) is 11.6 Å². The first-order valence-electron chi connectivity index (χ1n) is 5.79. The van der Waals surface area contributed by atoms with E-state index in [9.17, 15) is 8.78 Å². The van der Waals surface area contributed by atoms with Gasteiger partial charge in [0.2, 0.25) is 5.88 Å². The third-order valence-electron chi connectivity index (χ3n) is 2.74. The molecule has 0 saturated heterocycles. The zero-order valence-corrected chi connectivity index (χ0v) is 10.5. The predicted octanol–water partition coefficient (Wildman–Crippen LogP) is 4.08. The minimum Gasteiger partial charge on any atom is -0.439 e. The largest absolute Gasteiger partial charge is 0.439 e. The molecule has 2 aromatic rings. The Labute approximate surface area is 113 Å². The molecule has 1 aromatic heterocycles. The highest BCUT2D eigenvalue weighted by atomic mass is 35.5. The van der Waals surface area contributed by atoms with Crippen molar-refractivity contribution in [3.05, 3.63) is 46.9 Å². The molecule has 0 aliphatic heterocycles. The molecule has 0 radical (unpaired) electrons. The number of halogens is 3. The van der Waals surface area contributed by atoms with Crippen LogP contribution in [0.15, 0.2) is 24.3 Å². The lowest BCUT2D eigenvalue weighted by atomic mass is 10.3. The molecule has 1 heterocycles. The number of benzene rings is 1. The molecule has 0 N–H and O–H groups in total. The monoisotopic (exact) mass is 282 g/mol. The van der Waals surface area contributed by atoms with Crippen molar-refractivity contribution in [1.29, 1.82) is 0 Å². The van der Waals surface area contributed by atoms with Crippen LogP contribution in [0.1, 0.15) is 24.6 Å². The van der Waals surface area contributed by atoms with Gasteiger partial charge in [-0.1, -0.05) is 11.6 Å². The van der Waals surface area contributed by atoms with Crippen LogP contribution in [0.2, 0.25) is 5.15 Å². The topological polar surface area (TPSA) is 35.0 Å². The quantitative estimate of drug-likeness (QED) is 0.796. The Morgan fingerprint density at radius 2 is 1.89 bits per heavy atom. The highest BCUT2D eigenvalue weighted by Gasteiger charge is 2.27. The average molecular weight is 283 g/mol. The van der Waals surface area contributed by atoms with Crippen molar-refractivity contribution in [2.75, 3.05) is 0 Å². The van der Waals surface area contributed by atoms with Crippen LogP contribution in [0.25, 0.3) is 0 Å². The van der Waals surface area contributed by atoms with Crippen molar-refractivity contribution in [2.45, 2.75) is 18.8 Å². The molecule has 6 heteroatoms. The molecule has 0 amide bonds. The first-order chi connectivity index (χ1) is 9.11. The number of nitrogens with zero attached hydrogens (tertiary/aromatic N) is 2. The predicted molar refractivity (Wildman–Crippen MR) is 65.4 cm³/mol. The van der Waals surface area contributed by atoms with Crippen LogP contribution in [0.4, 0.5) is 8.78 Å². The van der Waals surface area contributed by atoms with E-state index in [0.717, 1.165) is 25.0 Å². The van der Waals surface area contributed by atoms with Crippen molar-refractivity contribution >= 4 is 11.6 Å². The van der Waals surface area contributed by atoms with E-state index in [2.05, 4.69) is 9.97 Å². The lowest BCUT2D eigenvalue weighted by molar-refractivity contribution is 0.444. The van der Waals surface area contributed by atoms with E-state index in [1.807, 2.05) is 0 Å². The Morgan fingerprint density at radius 3 is 2.58 bits per heavy atom. The lowest BCUT2D eigenvalue weighted by Crippen LogP contribution is -1.97. The van der Waals surface area contributed by atoms with Gasteiger partial charge in [0.25, 0.3) is 0 Å². The molecule has 1 fully saturated rings. The SMILES string of the molecule is Fc1ccc(Oc2cc(Cl)nc(C3CC3)n2)cc1F. The molecule has 1 aliphatic carbocycles. The summed E-state index contributed by atoms with van der Waals surface area (Å²) in [6, 6.07) is 4.72. The van der Waals surface area contributed by atoms with Crippen LogP contribution in [0.3, 0.4) is 0 Å². The van der Waals surface area contributed by atoms with E-state index in [0.29, 0.717) is 11.7 Å². The van der Waals surface area contributed by atoms with Gasteiger partial charge in [-0.15, -0.1) is 0 Å². The number of hydrogen-bond donors (Lipinski definition) is 0. The second kappa shape index (κ2) is 4.74. The zero-order valence-electron chi connectivity index (χ0n) is 9.74. The van der Waals surface area contributed by atoms with E-state index in [-0.39, 0.29) is 16.8 Å². The van der Waals surface area contributed by atoms with Crippen LogP contribution in [-0.4, -0.2) is 9.97 Å². The highest BCUT2D eigenvalue weighted by Crippen LogP contribution is 2.39. The van der Waals surface area contributed by atoms with Crippen molar-refractivity contribution in [3.8, 4) is 11.6 Å². The summed E-state index contributed by atoms with van der Waals surface area (Å²) in [6.45, 7) is 0. The fourth-order valence-electron chi connectivity index (χ4n) is 1.65. The second-order valence-corrected chi connectivity index (χ2v) is 4.73. The Hall–Kier alpha value is -1.75. The van der Waals surface area contributed by atoms with E-state index < -0.39 is 11.6 Å². The molecule has 0 unspecified atom stereocenters.